The summed E-state index contributed by atoms with van der Waals surface area (Å²) >= 11 is 0. The van der Waals surface area contributed by atoms with E-state index in [0.717, 1.165) is 11.6 Å². The number of halogens is 2. The van der Waals surface area contributed by atoms with Crippen molar-refractivity contribution in [3.05, 3.63) is 65.2 Å². The molecular formula is C16H16F2N2O. The normalized spacial score (nSPS) is 10.4. The summed E-state index contributed by atoms with van der Waals surface area (Å²) in [6.07, 6.45) is 0. The lowest BCUT2D eigenvalue weighted by atomic mass is 10.1. The Labute approximate surface area is 122 Å². The topological polar surface area (TPSA) is 46.3 Å². The third kappa shape index (κ3) is 3.37. The van der Waals surface area contributed by atoms with Gasteiger partial charge in [-0.1, -0.05) is 30.3 Å². The third-order valence-corrected chi connectivity index (χ3v) is 3.20. The Morgan fingerprint density at radius 2 is 1.81 bits per heavy atom. The summed E-state index contributed by atoms with van der Waals surface area (Å²) in [6, 6.07) is 11.0. The summed E-state index contributed by atoms with van der Waals surface area (Å²) < 4.78 is 26.9. The van der Waals surface area contributed by atoms with Crippen molar-refractivity contribution in [3.63, 3.8) is 0 Å². The summed E-state index contributed by atoms with van der Waals surface area (Å²) in [5, 5.41) is 0. The van der Waals surface area contributed by atoms with Crippen molar-refractivity contribution >= 4 is 11.6 Å². The van der Waals surface area contributed by atoms with Crippen LogP contribution in [0.3, 0.4) is 0 Å². The van der Waals surface area contributed by atoms with Crippen LogP contribution in [-0.4, -0.2) is 17.4 Å². The van der Waals surface area contributed by atoms with Crippen LogP contribution in [0.2, 0.25) is 0 Å². The molecule has 0 radical (unpaired) electrons. The molecule has 3 nitrogen and oxygen atoms in total. The Bertz CT molecular complexity index is 644. The highest BCUT2D eigenvalue weighted by molar-refractivity contribution is 5.95. The molecule has 110 valence electrons. The maximum absolute atomic E-state index is 13.8. The molecule has 2 aromatic rings. The number of hydrogen-bond donors (Lipinski definition) is 1. The van der Waals surface area contributed by atoms with Gasteiger partial charge in [0.1, 0.15) is 11.6 Å². The molecule has 0 aliphatic rings. The molecule has 2 rings (SSSR count). The van der Waals surface area contributed by atoms with Crippen molar-refractivity contribution in [1.29, 1.82) is 0 Å². The van der Waals surface area contributed by atoms with E-state index in [1.807, 2.05) is 30.3 Å². The first-order valence-electron chi connectivity index (χ1n) is 6.60. The van der Waals surface area contributed by atoms with Gasteiger partial charge in [0, 0.05) is 19.2 Å². The number of anilines is 1. The predicted octanol–water partition coefficient (Wildman–Crippen LogP) is 3.21. The number of nitrogens with zero attached hydrogens (tertiary/aromatic N) is 1. The molecule has 0 bridgehead atoms. The Kier molecular flexibility index (Phi) is 4.52. The monoisotopic (exact) mass is 290 g/mol. The SMILES string of the molecule is CCN(Cc1ccccc1)C(=O)c1cc(N)c(F)cc1F. The molecule has 0 fully saturated rings. The average Bonchev–Trinajstić information content (AvgIpc) is 2.49. The number of nitrogen functional groups attached to an aromatic ring is 1. The van der Waals surface area contributed by atoms with E-state index < -0.39 is 17.5 Å². The van der Waals surface area contributed by atoms with Crippen molar-refractivity contribution in [2.45, 2.75) is 13.5 Å². The summed E-state index contributed by atoms with van der Waals surface area (Å²) in [4.78, 5) is 13.8. The highest BCUT2D eigenvalue weighted by Crippen LogP contribution is 2.19. The number of carbonyl (C=O) groups is 1. The molecule has 0 aromatic heterocycles. The quantitative estimate of drug-likeness (QED) is 0.879. The molecule has 0 aliphatic carbocycles. The standard InChI is InChI=1S/C16H16F2N2O/c1-2-20(10-11-6-4-3-5-7-11)16(21)12-8-15(19)14(18)9-13(12)17/h3-9H,2,10,19H2,1H3. The number of rotatable bonds is 4. The first kappa shape index (κ1) is 15.0. The average molecular weight is 290 g/mol. The van der Waals surface area contributed by atoms with Gasteiger partial charge in [-0.3, -0.25) is 4.79 Å². The van der Waals surface area contributed by atoms with Crippen LogP contribution in [0.15, 0.2) is 42.5 Å². The Morgan fingerprint density at radius 3 is 2.43 bits per heavy atom. The van der Waals surface area contributed by atoms with Crippen molar-refractivity contribution in [3.8, 4) is 0 Å². The van der Waals surface area contributed by atoms with Crippen molar-refractivity contribution in [2.75, 3.05) is 12.3 Å². The molecule has 1 amide bonds. The summed E-state index contributed by atoms with van der Waals surface area (Å²) in [7, 11) is 0. The van der Waals surface area contributed by atoms with Gasteiger partial charge in [0.15, 0.2) is 0 Å². The van der Waals surface area contributed by atoms with Crippen LogP contribution in [0, 0.1) is 11.6 Å². The predicted molar refractivity (Wildman–Crippen MR) is 77.6 cm³/mol. The molecule has 0 atom stereocenters. The summed E-state index contributed by atoms with van der Waals surface area (Å²) in [5.41, 5.74) is 5.89. The van der Waals surface area contributed by atoms with E-state index in [4.69, 9.17) is 5.73 Å². The number of carbonyl (C=O) groups excluding carboxylic acids is 1. The zero-order valence-electron chi connectivity index (χ0n) is 11.6. The van der Waals surface area contributed by atoms with Gasteiger partial charge in [0.2, 0.25) is 0 Å². The Morgan fingerprint density at radius 1 is 1.14 bits per heavy atom. The maximum Gasteiger partial charge on any atom is 0.257 e. The molecule has 5 heteroatoms. The van der Waals surface area contributed by atoms with Crippen LogP contribution in [0.1, 0.15) is 22.8 Å². The fourth-order valence-corrected chi connectivity index (χ4v) is 2.03. The van der Waals surface area contributed by atoms with Crippen LogP contribution in [-0.2, 0) is 6.54 Å². The van der Waals surface area contributed by atoms with E-state index in [-0.39, 0.29) is 11.3 Å². The van der Waals surface area contributed by atoms with E-state index >= 15 is 0 Å². The van der Waals surface area contributed by atoms with Gasteiger partial charge < -0.3 is 10.6 Å². The summed E-state index contributed by atoms with van der Waals surface area (Å²) in [5.74, 6) is -2.28. The number of amides is 1. The lowest BCUT2D eigenvalue weighted by Gasteiger charge is -2.21. The van der Waals surface area contributed by atoms with Crippen LogP contribution >= 0.6 is 0 Å². The van der Waals surface area contributed by atoms with Gasteiger partial charge in [-0.15, -0.1) is 0 Å². The van der Waals surface area contributed by atoms with E-state index in [2.05, 4.69) is 0 Å². The lowest BCUT2D eigenvalue weighted by Crippen LogP contribution is -2.31. The van der Waals surface area contributed by atoms with Crippen LogP contribution in [0.5, 0.6) is 0 Å². The molecule has 2 N–H and O–H groups in total. The highest BCUT2D eigenvalue weighted by Gasteiger charge is 2.20. The summed E-state index contributed by atoms with van der Waals surface area (Å²) in [6.45, 7) is 2.56. The van der Waals surface area contributed by atoms with Gasteiger partial charge in [-0.05, 0) is 18.6 Å². The number of nitrogens with two attached hydrogens (primary N) is 1. The second-order valence-electron chi connectivity index (χ2n) is 4.66. The molecule has 21 heavy (non-hydrogen) atoms. The van der Waals surface area contributed by atoms with Crippen LogP contribution < -0.4 is 5.73 Å². The van der Waals surface area contributed by atoms with Crippen molar-refractivity contribution in [2.24, 2.45) is 0 Å². The highest BCUT2D eigenvalue weighted by atomic mass is 19.1. The van der Waals surface area contributed by atoms with E-state index in [0.29, 0.717) is 19.2 Å². The van der Waals surface area contributed by atoms with E-state index in [9.17, 15) is 13.6 Å². The molecule has 2 aromatic carbocycles. The van der Waals surface area contributed by atoms with Gasteiger partial charge in [0.25, 0.3) is 5.91 Å². The smallest absolute Gasteiger partial charge is 0.257 e. The minimum absolute atomic E-state index is 0.216. The minimum atomic E-state index is -0.904. The van der Waals surface area contributed by atoms with Crippen molar-refractivity contribution < 1.29 is 13.6 Å². The number of benzene rings is 2. The second kappa shape index (κ2) is 6.35. The first-order chi connectivity index (χ1) is 10.0. The molecule has 0 saturated heterocycles. The largest absolute Gasteiger partial charge is 0.396 e. The molecule has 0 saturated carbocycles. The molecule has 0 heterocycles. The van der Waals surface area contributed by atoms with E-state index in [1.165, 1.54) is 4.90 Å². The molecule has 0 spiro atoms. The Balaban J connectivity index is 2.26. The fourth-order valence-electron chi connectivity index (χ4n) is 2.03. The lowest BCUT2D eigenvalue weighted by molar-refractivity contribution is 0.0748. The van der Waals surface area contributed by atoms with Gasteiger partial charge in [-0.25, -0.2) is 8.78 Å². The van der Waals surface area contributed by atoms with Crippen LogP contribution in [0.4, 0.5) is 14.5 Å². The second-order valence-corrected chi connectivity index (χ2v) is 4.66. The van der Waals surface area contributed by atoms with Crippen molar-refractivity contribution in [1.82, 2.24) is 4.90 Å². The van der Waals surface area contributed by atoms with Gasteiger partial charge in [0.05, 0.1) is 11.3 Å². The zero-order chi connectivity index (χ0) is 15.4. The first-order valence-corrected chi connectivity index (χ1v) is 6.60. The number of hydrogen-bond acceptors (Lipinski definition) is 2. The molecule has 0 aliphatic heterocycles. The van der Waals surface area contributed by atoms with Crippen LogP contribution in [0.25, 0.3) is 0 Å². The van der Waals surface area contributed by atoms with Gasteiger partial charge in [-0.2, -0.15) is 0 Å². The third-order valence-electron chi connectivity index (χ3n) is 3.20. The fraction of sp³-hybridized carbons (Fsp3) is 0.188. The zero-order valence-corrected chi connectivity index (χ0v) is 11.6. The minimum Gasteiger partial charge on any atom is -0.396 e. The Hall–Kier alpha value is -2.43. The molecular weight excluding hydrogens is 274 g/mol. The van der Waals surface area contributed by atoms with Gasteiger partial charge >= 0.3 is 0 Å². The van der Waals surface area contributed by atoms with E-state index in [1.54, 1.807) is 6.92 Å². The maximum atomic E-state index is 13.8. The molecule has 0 unspecified atom stereocenters.